The van der Waals surface area contributed by atoms with Crippen LogP contribution in [0.3, 0.4) is 0 Å². The number of rotatable bonds is 4. The number of anilines is 1. The van der Waals surface area contributed by atoms with Crippen LogP contribution in [0.15, 0.2) is 12.5 Å². The van der Waals surface area contributed by atoms with E-state index < -0.39 is 12.1 Å². The van der Waals surface area contributed by atoms with Crippen molar-refractivity contribution in [2.45, 2.75) is 19.6 Å². The molecule has 78 valence electrons. The molecule has 6 nitrogen and oxygen atoms in total. The predicted molar refractivity (Wildman–Crippen MR) is 49.3 cm³/mol. The number of hydrogen-bond donors (Lipinski definition) is 2. The molecule has 0 spiro atoms. The highest BCUT2D eigenvalue weighted by atomic mass is 16.5. The number of carbonyl (C=O) groups excluding carboxylic acids is 1. The van der Waals surface area contributed by atoms with Gasteiger partial charge in [0.2, 0.25) is 0 Å². The van der Waals surface area contributed by atoms with Crippen molar-refractivity contribution in [1.29, 1.82) is 0 Å². The van der Waals surface area contributed by atoms with Crippen LogP contribution >= 0.6 is 0 Å². The molecule has 3 N–H and O–H groups in total. The lowest BCUT2D eigenvalue weighted by Gasteiger charge is -2.09. The minimum atomic E-state index is -1.18. The normalized spacial score (nSPS) is 12.4. The Morgan fingerprint density at radius 3 is 3.07 bits per heavy atom. The Kier molecular flexibility index (Phi) is 3.47. The van der Waals surface area contributed by atoms with Gasteiger partial charge in [0, 0.05) is 6.20 Å². The van der Waals surface area contributed by atoms with Crippen LogP contribution in [0.5, 0.6) is 0 Å². The second-order valence-corrected chi connectivity index (χ2v) is 2.76. The van der Waals surface area contributed by atoms with Crippen molar-refractivity contribution in [3.05, 3.63) is 12.5 Å². The van der Waals surface area contributed by atoms with E-state index in [1.165, 1.54) is 17.1 Å². The molecule has 0 radical (unpaired) electrons. The molecule has 6 heteroatoms. The molecule has 1 heterocycles. The summed E-state index contributed by atoms with van der Waals surface area (Å²) in [6.45, 7) is 2.03. The summed E-state index contributed by atoms with van der Waals surface area (Å²) in [6.07, 6.45) is 1.80. The Morgan fingerprint density at radius 2 is 2.57 bits per heavy atom. The molecule has 1 aromatic rings. The van der Waals surface area contributed by atoms with Crippen LogP contribution in [-0.2, 0) is 16.1 Å². The number of aliphatic hydroxyl groups is 1. The number of nitrogens with zero attached hydrogens (tertiary/aromatic N) is 2. The van der Waals surface area contributed by atoms with Gasteiger partial charge in [0.05, 0.1) is 19.5 Å². The number of aromatic nitrogens is 2. The van der Waals surface area contributed by atoms with Crippen molar-refractivity contribution in [3.63, 3.8) is 0 Å². The lowest BCUT2D eigenvalue weighted by atomic mass is 10.3. The summed E-state index contributed by atoms with van der Waals surface area (Å²) in [6, 6.07) is 0. The molecule has 1 unspecified atom stereocenters. The fourth-order valence-electron chi connectivity index (χ4n) is 0.990. The topological polar surface area (TPSA) is 90.4 Å². The molecule has 0 fully saturated rings. The summed E-state index contributed by atoms with van der Waals surface area (Å²) in [5.41, 5.74) is 5.36. The van der Waals surface area contributed by atoms with Gasteiger partial charge in [0.15, 0.2) is 6.10 Å². The molecule has 1 atom stereocenters. The lowest BCUT2D eigenvalue weighted by molar-refractivity contribution is -0.153. The standard InChI is InChI=1S/C8H13N3O3/c1-2-14-8(13)6(12)3-11-4-7(9)10-5-11/h4-6,12H,2-3,9H2,1H3. The Labute approximate surface area is 81.3 Å². The molecular formula is C8H13N3O3. The fraction of sp³-hybridized carbons (Fsp3) is 0.500. The molecular weight excluding hydrogens is 186 g/mol. The molecule has 0 bridgehead atoms. The van der Waals surface area contributed by atoms with E-state index in [2.05, 4.69) is 9.72 Å². The molecule has 0 saturated heterocycles. The highest BCUT2D eigenvalue weighted by Gasteiger charge is 2.16. The van der Waals surface area contributed by atoms with Crippen LogP contribution < -0.4 is 5.73 Å². The molecule has 0 aliphatic rings. The summed E-state index contributed by atoms with van der Waals surface area (Å²) < 4.78 is 6.15. The van der Waals surface area contributed by atoms with Gasteiger partial charge >= 0.3 is 5.97 Å². The van der Waals surface area contributed by atoms with Crippen molar-refractivity contribution in [2.75, 3.05) is 12.3 Å². The van der Waals surface area contributed by atoms with Crippen molar-refractivity contribution < 1.29 is 14.6 Å². The first-order valence-corrected chi connectivity index (χ1v) is 4.25. The van der Waals surface area contributed by atoms with Crippen LogP contribution in [-0.4, -0.2) is 33.3 Å². The van der Waals surface area contributed by atoms with E-state index in [-0.39, 0.29) is 13.2 Å². The van der Waals surface area contributed by atoms with Crippen molar-refractivity contribution >= 4 is 11.8 Å². The van der Waals surface area contributed by atoms with Crippen molar-refractivity contribution in [3.8, 4) is 0 Å². The van der Waals surface area contributed by atoms with Gasteiger partial charge < -0.3 is 20.1 Å². The monoisotopic (exact) mass is 199 g/mol. The zero-order valence-electron chi connectivity index (χ0n) is 7.88. The van der Waals surface area contributed by atoms with Crippen LogP contribution in [0.25, 0.3) is 0 Å². The zero-order chi connectivity index (χ0) is 10.6. The number of hydrogen-bond acceptors (Lipinski definition) is 5. The number of imidazole rings is 1. The SMILES string of the molecule is CCOC(=O)C(O)Cn1cnc(N)c1. The fourth-order valence-corrected chi connectivity index (χ4v) is 0.990. The van der Waals surface area contributed by atoms with Crippen LogP contribution in [0.2, 0.25) is 0 Å². The predicted octanol–water partition coefficient (Wildman–Crippen LogP) is -0.611. The first-order chi connectivity index (χ1) is 6.63. The summed E-state index contributed by atoms with van der Waals surface area (Å²) in [4.78, 5) is 14.8. The first-order valence-electron chi connectivity index (χ1n) is 4.25. The van der Waals surface area contributed by atoms with Crippen molar-refractivity contribution in [2.24, 2.45) is 0 Å². The van der Waals surface area contributed by atoms with E-state index in [1.807, 2.05) is 0 Å². The van der Waals surface area contributed by atoms with Gasteiger partial charge in [0.25, 0.3) is 0 Å². The molecule has 0 amide bonds. The third-order valence-electron chi connectivity index (χ3n) is 1.60. The first kappa shape index (κ1) is 10.5. The van der Waals surface area contributed by atoms with Crippen LogP contribution in [0, 0.1) is 0 Å². The van der Waals surface area contributed by atoms with E-state index in [4.69, 9.17) is 5.73 Å². The number of ether oxygens (including phenoxy) is 1. The number of esters is 1. The van der Waals surface area contributed by atoms with E-state index >= 15 is 0 Å². The maximum absolute atomic E-state index is 11.0. The molecule has 1 aromatic heterocycles. The zero-order valence-corrected chi connectivity index (χ0v) is 7.88. The smallest absolute Gasteiger partial charge is 0.336 e. The van der Waals surface area contributed by atoms with E-state index in [9.17, 15) is 9.90 Å². The Morgan fingerprint density at radius 1 is 1.86 bits per heavy atom. The maximum Gasteiger partial charge on any atom is 0.336 e. The summed E-state index contributed by atoms with van der Waals surface area (Å²) >= 11 is 0. The third-order valence-corrected chi connectivity index (χ3v) is 1.60. The number of carbonyl (C=O) groups is 1. The van der Waals surface area contributed by atoms with Gasteiger partial charge in [-0.25, -0.2) is 9.78 Å². The van der Waals surface area contributed by atoms with Gasteiger partial charge in [0.1, 0.15) is 5.82 Å². The second kappa shape index (κ2) is 4.61. The maximum atomic E-state index is 11.0. The van der Waals surface area contributed by atoms with Gasteiger partial charge in [-0.05, 0) is 6.92 Å². The quantitative estimate of drug-likeness (QED) is 0.631. The van der Waals surface area contributed by atoms with Gasteiger partial charge in [-0.15, -0.1) is 0 Å². The Hall–Kier alpha value is -1.56. The molecule has 0 aliphatic heterocycles. The van der Waals surface area contributed by atoms with Crippen molar-refractivity contribution in [1.82, 2.24) is 9.55 Å². The van der Waals surface area contributed by atoms with E-state index in [0.29, 0.717) is 5.82 Å². The molecule has 1 rings (SSSR count). The minimum absolute atomic E-state index is 0.100. The average molecular weight is 199 g/mol. The summed E-state index contributed by atoms with van der Waals surface area (Å²) in [7, 11) is 0. The Bertz CT molecular complexity index is 311. The largest absolute Gasteiger partial charge is 0.464 e. The number of nitrogen functional groups attached to an aromatic ring is 1. The molecule has 0 saturated carbocycles. The Balaban J connectivity index is 2.48. The summed E-state index contributed by atoms with van der Waals surface area (Å²) in [5.74, 6) is -0.291. The molecule has 0 aliphatic carbocycles. The second-order valence-electron chi connectivity index (χ2n) is 2.76. The highest BCUT2D eigenvalue weighted by Crippen LogP contribution is 1.99. The number of aliphatic hydroxyl groups excluding tert-OH is 1. The molecule has 14 heavy (non-hydrogen) atoms. The van der Waals surface area contributed by atoms with Gasteiger partial charge in [-0.3, -0.25) is 0 Å². The van der Waals surface area contributed by atoms with Crippen LogP contribution in [0.1, 0.15) is 6.92 Å². The van der Waals surface area contributed by atoms with Gasteiger partial charge in [-0.1, -0.05) is 0 Å². The third kappa shape index (κ3) is 2.74. The summed E-state index contributed by atoms with van der Waals surface area (Å²) in [5, 5.41) is 9.35. The van der Waals surface area contributed by atoms with Gasteiger partial charge in [-0.2, -0.15) is 0 Å². The van der Waals surface area contributed by atoms with E-state index in [0.717, 1.165) is 0 Å². The minimum Gasteiger partial charge on any atom is -0.464 e. The molecule has 0 aromatic carbocycles. The average Bonchev–Trinajstić information content (AvgIpc) is 2.51. The van der Waals surface area contributed by atoms with E-state index in [1.54, 1.807) is 6.92 Å². The highest BCUT2D eigenvalue weighted by molar-refractivity contribution is 5.74. The van der Waals surface area contributed by atoms with Crippen LogP contribution in [0.4, 0.5) is 5.82 Å². The lowest BCUT2D eigenvalue weighted by Crippen LogP contribution is -2.27. The number of nitrogens with two attached hydrogens (primary N) is 1.